The third-order valence-electron chi connectivity index (χ3n) is 2.95. The maximum atomic E-state index is 11.4. The molecule has 1 N–H and O–H groups in total. The monoisotopic (exact) mass is 291 g/mol. The van der Waals surface area contributed by atoms with Crippen molar-refractivity contribution < 1.29 is 4.92 Å². The molecule has 0 saturated carbocycles. The van der Waals surface area contributed by atoms with Crippen molar-refractivity contribution >= 4 is 28.4 Å². The van der Waals surface area contributed by atoms with Gasteiger partial charge in [-0.3, -0.25) is 10.1 Å². The molecule has 0 aliphatic rings. The fourth-order valence-electron chi connectivity index (χ4n) is 2.09. The number of para-hydroxylation sites is 1. The van der Waals surface area contributed by atoms with Gasteiger partial charge in [-0.25, -0.2) is 0 Å². The zero-order valence-electron chi connectivity index (χ0n) is 11.5. The van der Waals surface area contributed by atoms with Gasteiger partial charge < -0.3 is 10.2 Å². The van der Waals surface area contributed by atoms with E-state index < -0.39 is 0 Å². The van der Waals surface area contributed by atoms with Crippen LogP contribution in [0.5, 0.6) is 0 Å². The number of thiophene rings is 1. The Morgan fingerprint density at radius 2 is 2.15 bits per heavy atom. The van der Waals surface area contributed by atoms with Crippen LogP contribution in [0.3, 0.4) is 0 Å². The van der Waals surface area contributed by atoms with Crippen molar-refractivity contribution in [2.75, 3.05) is 23.8 Å². The molecular weight excluding hydrogens is 274 g/mol. The molecule has 106 valence electrons. The van der Waals surface area contributed by atoms with Gasteiger partial charge in [0.1, 0.15) is 11.4 Å². The van der Waals surface area contributed by atoms with Gasteiger partial charge in [0.25, 0.3) is 0 Å². The van der Waals surface area contributed by atoms with Crippen molar-refractivity contribution in [1.29, 1.82) is 0 Å². The first-order chi connectivity index (χ1) is 9.63. The average Bonchev–Trinajstić information content (AvgIpc) is 2.91. The number of nitrogens with one attached hydrogen (secondary N) is 1. The Morgan fingerprint density at radius 1 is 1.35 bits per heavy atom. The van der Waals surface area contributed by atoms with E-state index in [0.29, 0.717) is 24.5 Å². The van der Waals surface area contributed by atoms with Crippen molar-refractivity contribution in [1.82, 2.24) is 0 Å². The van der Waals surface area contributed by atoms with E-state index in [9.17, 15) is 10.1 Å². The highest BCUT2D eigenvalue weighted by molar-refractivity contribution is 7.09. The van der Waals surface area contributed by atoms with Gasteiger partial charge in [0.2, 0.25) is 0 Å². The molecule has 5 nitrogen and oxygen atoms in total. The second-order valence-electron chi connectivity index (χ2n) is 4.40. The number of hydrogen-bond acceptors (Lipinski definition) is 5. The van der Waals surface area contributed by atoms with Crippen LogP contribution in [0.1, 0.15) is 11.8 Å². The van der Waals surface area contributed by atoms with Crippen LogP contribution in [0.25, 0.3) is 0 Å². The fourth-order valence-corrected chi connectivity index (χ4v) is 2.84. The zero-order valence-corrected chi connectivity index (χ0v) is 12.3. The summed E-state index contributed by atoms with van der Waals surface area (Å²) in [5.41, 5.74) is 1.32. The Bertz CT molecular complexity index is 584. The standard InChI is InChI=1S/C14H17N3O2S/c1-3-15-12-7-4-8-13(14(12)17(18)19)16(2)10-11-6-5-9-20-11/h4-9,15H,3,10H2,1-2H3. The first kappa shape index (κ1) is 14.3. The highest BCUT2D eigenvalue weighted by Gasteiger charge is 2.22. The normalized spacial score (nSPS) is 10.3. The summed E-state index contributed by atoms with van der Waals surface area (Å²) in [6.45, 7) is 3.23. The lowest BCUT2D eigenvalue weighted by Crippen LogP contribution is -2.17. The molecule has 0 fully saturated rings. The first-order valence-electron chi connectivity index (χ1n) is 6.38. The Hall–Kier alpha value is -2.08. The Kier molecular flexibility index (Phi) is 4.57. The summed E-state index contributed by atoms with van der Waals surface area (Å²) in [6, 6.07) is 9.38. The molecule has 1 heterocycles. The van der Waals surface area contributed by atoms with Crippen LogP contribution in [0.4, 0.5) is 17.1 Å². The van der Waals surface area contributed by atoms with Gasteiger partial charge >= 0.3 is 5.69 Å². The largest absolute Gasteiger partial charge is 0.380 e. The third kappa shape index (κ3) is 3.08. The van der Waals surface area contributed by atoms with E-state index in [1.54, 1.807) is 23.5 Å². The van der Waals surface area contributed by atoms with Crippen LogP contribution in [-0.2, 0) is 6.54 Å². The predicted molar refractivity (Wildman–Crippen MR) is 83.7 cm³/mol. The average molecular weight is 291 g/mol. The SMILES string of the molecule is CCNc1cccc(N(C)Cc2cccs2)c1[N+](=O)[O-]. The van der Waals surface area contributed by atoms with E-state index in [4.69, 9.17) is 0 Å². The van der Waals surface area contributed by atoms with Crippen LogP contribution >= 0.6 is 11.3 Å². The number of hydrogen-bond donors (Lipinski definition) is 1. The van der Waals surface area contributed by atoms with Gasteiger partial charge in [-0.05, 0) is 30.5 Å². The molecule has 0 aliphatic heterocycles. The molecule has 0 saturated heterocycles. The third-order valence-corrected chi connectivity index (χ3v) is 3.81. The maximum Gasteiger partial charge on any atom is 0.315 e. The van der Waals surface area contributed by atoms with Crippen molar-refractivity contribution in [3.05, 3.63) is 50.7 Å². The number of nitrogens with zero attached hydrogens (tertiary/aromatic N) is 2. The Labute approximate surface area is 122 Å². The molecule has 1 aromatic carbocycles. The molecule has 6 heteroatoms. The molecular formula is C14H17N3O2S. The molecule has 0 amide bonds. The maximum absolute atomic E-state index is 11.4. The van der Waals surface area contributed by atoms with E-state index >= 15 is 0 Å². The van der Waals surface area contributed by atoms with Crippen LogP contribution in [0.2, 0.25) is 0 Å². The molecule has 0 aliphatic carbocycles. The minimum absolute atomic E-state index is 0.133. The lowest BCUT2D eigenvalue weighted by molar-refractivity contribution is -0.383. The van der Waals surface area contributed by atoms with Crippen molar-refractivity contribution in [2.45, 2.75) is 13.5 Å². The Balaban J connectivity index is 2.34. The van der Waals surface area contributed by atoms with Crippen molar-refractivity contribution in [2.24, 2.45) is 0 Å². The fraction of sp³-hybridized carbons (Fsp3) is 0.286. The Morgan fingerprint density at radius 3 is 2.75 bits per heavy atom. The molecule has 2 aromatic rings. The van der Waals surface area contributed by atoms with Crippen LogP contribution in [0.15, 0.2) is 35.7 Å². The van der Waals surface area contributed by atoms with Crippen LogP contribution in [0, 0.1) is 10.1 Å². The number of benzene rings is 1. The molecule has 2 rings (SSSR count). The lowest BCUT2D eigenvalue weighted by atomic mass is 10.2. The highest BCUT2D eigenvalue weighted by atomic mass is 32.1. The number of nitro benzene ring substituents is 1. The second kappa shape index (κ2) is 6.38. The van der Waals surface area contributed by atoms with E-state index in [1.165, 1.54) is 4.88 Å². The first-order valence-corrected chi connectivity index (χ1v) is 7.26. The van der Waals surface area contributed by atoms with Gasteiger partial charge in [-0.15, -0.1) is 11.3 Å². The minimum Gasteiger partial charge on any atom is -0.380 e. The summed E-state index contributed by atoms with van der Waals surface area (Å²) in [4.78, 5) is 14.1. The molecule has 1 aromatic heterocycles. The molecule has 0 bridgehead atoms. The summed E-state index contributed by atoms with van der Waals surface area (Å²) in [7, 11) is 1.87. The van der Waals surface area contributed by atoms with Crippen molar-refractivity contribution in [3.8, 4) is 0 Å². The second-order valence-corrected chi connectivity index (χ2v) is 5.43. The number of rotatable bonds is 6. The van der Waals surface area contributed by atoms with E-state index in [1.807, 2.05) is 42.5 Å². The van der Waals surface area contributed by atoms with E-state index in [-0.39, 0.29) is 10.6 Å². The minimum atomic E-state index is -0.321. The van der Waals surface area contributed by atoms with Crippen molar-refractivity contribution in [3.63, 3.8) is 0 Å². The highest BCUT2D eigenvalue weighted by Crippen LogP contribution is 2.35. The summed E-state index contributed by atoms with van der Waals surface area (Å²) >= 11 is 1.65. The smallest absolute Gasteiger partial charge is 0.315 e. The summed E-state index contributed by atoms with van der Waals surface area (Å²) in [5, 5.41) is 16.4. The molecule has 20 heavy (non-hydrogen) atoms. The summed E-state index contributed by atoms with van der Waals surface area (Å²) < 4.78 is 0. The number of anilines is 2. The molecule has 0 radical (unpaired) electrons. The summed E-state index contributed by atoms with van der Waals surface area (Å²) in [5.74, 6) is 0. The van der Waals surface area contributed by atoms with Gasteiger partial charge in [0.15, 0.2) is 0 Å². The predicted octanol–water partition coefficient (Wildman–Crippen LogP) is 3.72. The van der Waals surface area contributed by atoms with E-state index in [0.717, 1.165) is 0 Å². The van der Waals surface area contributed by atoms with E-state index in [2.05, 4.69) is 5.32 Å². The zero-order chi connectivity index (χ0) is 14.5. The molecule has 0 unspecified atom stereocenters. The van der Waals surface area contributed by atoms with Crippen LogP contribution < -0.4 is 10.2 Å². The number of nitro groups is 1. The van der Waals surface area contributed by atoms with Gasteiger partial charge in [-0.1, -0.05) is 12.1 Å². The van der Waals surface area contributed by atoms with Gasteiger partial charge in [-0.2, -0.15) is 0 Å². The quantitative estimate of drug-likeness (QED) is 0.651. The lowest BCUT2D eigenvalue weighted by Gasteiger charge is -2.19. The topological polar surface area (TPSA) is 58.4 Å². The molecule has 0 atom stereocenters. The van der Waals surface area contributed by atoms with Crippen LogP contribution in [-0.4, -0.2) is 18.5 Å². The van der Waals surface area contributed by atoms with Gasteiger partial charge in [0.05, 0.1) is 11.5 Å². The molecule has 0 spiro atoms. The summed E-state index contributed by atoms with van der Waals surface area (Å²) in [6.07, 6.45) is 0. The van der Waals surface area contributed by atoms with Gasteiger partial charge in [0, 0.05) is 18.5 Å².